The molecule has 1 fully saturated rings. The van der Waals surface area contributed by atoms with Gasteiger partial charge in [-0.1, -0.05) is 29.8 Å². The predicted octanol–water partition coefficient (Wildman–Crippen LogP) is 2.42. The maximum atomic E-state index is 13.8. The van der Waals surface area contributed by atoms with Crippen LogP contribution in [0.4, 0.5) is 10.1 Å². The molecular weight excluding hydrogens is 393 g/mol. The Hall–Kier alpha value is -2.00. The minimum atomic E-state index is -3.88. The summed E-state index contributed by atoms with van der Waals surface area (Å²) in [6, 6.07) is 12.2. The Morgan fingerprint density at radius 1 is 1.07 bits per heavy atom. The van der Waals surface area contributed by atoms with Crippen molar-refractivity contribution in [3.05, 3.63) is 59.4 Å². The molecule has 2 aromatic rings. The van der Waals surface area contributed by atoms with Crippen LogP contribution in [0.2, 0.25) is 5.02 Å². The lowest BCUT2D eigenvalue weighted by Gasteiger charge is -2.33. The Morgan fingerprint density at radius 3 is 2.44 bits per heavy atom. The van der Waals surface area contributed by atoms with Crippen molar-refractivity contribution in [2.24, 2.45) is 0 Å². The second-order valence-electron chi connectivity index (χ2n) is 6.17. The zero-order valence-electron chi connectivity index (χ0n) is 14.4. The minimum Gasteiger partial charge on any atom is -0.325 e. The molecule has 0 bridgehead atoms. The topological polar surface area (TPSA) is 69.7 Å². The molecule has 1 aliphatic heterocycles. The average molecular weight is 412 g/mol. The molecule has 27 heavy (non-hydrogen) atoms. The van der Waals surface area contributed by atoms with E-state index >= 15 is 0 Å². The quantitative estimate of drug-likeness (QED) is 0.820. The number of carbonyl (C=O) groups is 1. The van der Waals surface area contributed by atoms with Gasteiger partial charge in [0.1, 0.15) is 10.7 Å². The van der Waals surface area contributed by atoms with E-state index in [9.17, 15) is 17.6 Å². The van der Waals surface area contributed by atoms with Crippen LogP contribution in [0.3, 0.4) is 0 Å². The Morgan fingerprint density at radius 2 is 1.78 bits per heavy atom. The number of anilines is 1. The van der Waals surface area contributed by atoms with Gasteiger partial charge < -0.3 is 5.32 Å². The van der Waals surface area contributed by atoms with E-state index in [4.69, 9.17) is 11.6 Å². The highest BCUT2D eigenvalue weighted by molar-refractivity contribution is 7.89. The van der Waals surface area contributed by atoms with E-state index < -0.39 is 15.8 Å². The third-order valence-electron chi connectivity index (χ3n) is 4.26. The molecule has 0 aromatic heterocycles. The first-order valence-corrected chi connectivity index (χ1v) is 10.2. The fourth-order valence-corrected chi connectivity index (χ4v) is 4.57. The zero-order valence-corrected chi connectivity index (χ0v) is 16.0. The third kappa shape index (κ3) is 4.84. The van der Waals surface area contributed by atoms with E-state index in [1.165, 1.54) is 22.5 Å². The number of rotatable bonds is 5. The van der Waals surface area contributed by atoms with Crippen LogP contribution >= 0.6 is 11.6 Å². The summed E-state index contributed by atoms with van der Waals surface area (Å²) in [5, 5.41) is 3.29. The summed E-state index contributed by atoms with van der Waals surface area (Å²) in [7, 11) is -3.88. The molecule has 1 amide bonds. The molecule has 1 aliphatic rings. The third-order valence-corrected chi connectivity index (χ3v) is 6.43. The first-order valence-electron chi connectivity index (χ1n) is 8.39. The number of hydrogen-bond acceptors (Lipinski definition) is 4. The maximum Gasteiger partial charge on any atom is 0.246 e. The molecule has 2 aromatic carbocycles. The number of sulfonamides is 1. The van der Waals surface area contributed by atoms with Crippen LogP contribution in [0.15, 0.2) is 53.4 Å². The van der Waals surface area contributed by atoms with Gasteiger partial charge in [-0.25, -0.2) is 12.8 Å². The maximum absolute atomic E-state index is 13.8. The monoisotopic (exact) mass is 411 g/mol. The smallest absolute Gasteiger partial charge is 0.246 e. The highest BCUT2D eigenvalue weighted by Crippen LogP contribution is 2.20. The summed E-state index contributed by atoms with van der Waals surface area (Å²) in [5.41, 5.74) is 0.605. The normalized spacial score (nSPS) is 16.2. The van der Waals surface area contributed by atoms with Crippen LogP contribution in [0.1, 0.15) is 0 Å². The van der Waals surface area contributed by atoms with Gasteiger partial charge in [-0.15, -0.1) is 0 Å². The van der Waals surface area contributed by atoms with Crippen molar-refractivity contribution in [2.45, 2.75) is 4.90 Å². The van der Waals surface area contributed by atoms with Gasteiger partial charge in [-0.2, -0.15) is 4.31 Å². The van der Waals surface area contributed by atoms with Crippen LogP contribution in [0.25, 0.3) is 0 Å². The standard InChI is InChI=1S/C18H19ClFN3O3S/c19-14-4-3-5-15(12-14)21-18(24)13-22-8-10-23(11-9-22)27(25,26)17-7-2-1-6-16(17)20/h1-7,12H,8-11,13H2,(H,21,24). The van der Waals surface area contributed by atoms with Gasteiger partial charge in [0.2, 0.25) is 15.9 Å². The molecule has 6 nitrogen and oxygen atoms in total. The van der Waals surface area contributed by atoms with Crippen LogP contribution in [0.5, 0.6) is 0 Å². The van der Waals surface area contributed by atoms with Gasteiger partial charge in [-0.3, -0.25) is 9.69 Å². The van der Waals surface area contributed by atoms with E-state index in [-0.39, 0.29) is 30.4 Å². The molecule has 0 atom stereocenters. The fraction of sp³-hybridized carbons (Fsp3) is 0.278. The van der Waals surface area contributed by atoms with Crippen molar-refractivity contribution in [2.75, 3.05) is 38.0 Å². The molecular formula is C18H19ClFN3O3S. The number of halogens is 2. The Kier molecular flexibility index (Phi) is 6.11. The lowest BCUT2D eigenvalue weighted by molar-refractivity contribution is -0.117. The van der Waals surface area contributed by atoms with Crippen LogP contribution < -0.4 is 5.32 Å². The largest absolute Gasteiger partial charge is 0.325 e. The van der Waals surface area contributed by atoms with Gasteiger partial charge >= 0.3 is 0 Å². The van der Waals surface area contributed by atoms with Gasteiger partial charge in [0.05, 0.1) is 6.54 Å². The summed E-state index contributed by atoms with van der Waals surface area (Å²) in [5.74, 6) is -0.969. The van der Waals surface area contributed by atoms with E-state index in [0.717, 1.165) is 6.07 Å². The Labute approximate surface area is 162 Å². The minimum absolute atomic E-state index is 0.139. The van der Waals surface area contributed by atoms with Gasteiger partial charge in [0.25, 0.3) is 0 Å². The van der Waals surface area contributed by atoms with Crippen molar-refractivity contribution in [1.82, 2.24) is 9.21 Å². The number of hydrogen-bond donors (Lipinski definition) is 1. The fourth-order valence-electron chi connectivity index (χ4n) is 2.89. The first-order chi connectivity index (χ1) is 12.9. The SMILES string of the molecule is O=C(CN1CCN(S(=O)(=O)c2ccccc2F)CC1)Nc1cccc(Cl)c1. The molecule has 3 rings (SSSR count). The number of piperazine rings is 1. The first kappa shape index (κ1) is 19.8. The Bertz CT molecular complexity index is 931. The lowest BCUT2D eigenvalue weighted by Crippen LogP contribution is -2.50. The second-order valence-corrected chi connectivity index (χ2v) is 8.51. The molecule has 9 heteroatoms. The van der Waals surface area contributed by atoms with Crippen LogP contribution in [0, 0.1) is 5.82 Å². The summed E-state index contributed by atoms with van der Waals surface area (Å²) in [6.07, 6.45) is 0. The average Bonchev–Trinajstić information content (AvgIpc) is 2.62. The van der Waals surface area contributed by atoms with E-state index in [2.05, 4.69) is 5.32 Å². The molecule has 0 radical (unpaired) electrons. The molecule has 1 N–H and O–H groups in total. The van der Waals surface area contributed by atoms with Crippen LogP contribution in [-0.4, -0.2) is 56.3 Å². The number of amides is 1. The van der Waals surface area contributed by atoms with Crippen molar-refractivity contribution < 1.29 is 17.6 Å². The summed E-state index contributed by atoms with van der Waals surface area (Å²) in [6.45, 7) is 1.30. The van der Waals surface area contributed by atoms with Gasteiger partial charge in [-0.05, 0) is 30.3 Å². The molecule has 0 saturated carbocycles. The molecule has 1 saturated heterocycles. The molecule has 0 aliphatic carbocycles. The highest BCUT2D eigenvalue weighted by Gasteiger charge is 2.30. The van der Waals surface area contributed by atoms with Crippen molar-refractivity contribution >= 4 is 33.2 Å². The molecule has 1 heterocycles. The summed E-state index contributed by atoms with van der Waals surface area (Å²) < 4.78 is 40.3. The van der Waals surface area contributed by atoms with Crippen molar-refractivity contribution in [3.8, 4) is 0 Å². The lowest BCUT2D eigenvalue weighted by atomic mass is 10.3. The van der Waals surface area contributed by atoms with E-state index in [1.54, 1.807) is 24.3 Å². The summed E-state index contributed by atoms with van der Waals surface area (Å²) >= 11 is 5.89. The van der Waals surface area contributed by atoms with Crippen LogP contribution in [-0.2, 0) is 14.8 Å². The second kappa shape index (κ2) is 8.35. The number of carbonyl (C=O) groups excluding carboxylic acids is 1. The van der Waals surface area contributed by atoms with E-state index in [1.807, 2.05) is 4.90 Å². The van der Waals surface area contributed by atoms with Gasteiger partial charge in [0, 0.05) is 36.9 Å². The summed E-state index contributed by atoms with van der Waals surface area (Å²) in [4.78, 5) is 13.7. The molecule has 0 spiro atoms. The zero-order chi connectivity index (χ0) is 19.4. The molecule has 144 valence electrons. The highest BCUT2D eigenvalue weighted by atomic mass is 35.5. The Balaban J connectivity index is 1.56. The van der Waals surface area contributed by atoms with Crippen molar-refractivity contribution in [1.29, 1.82) is 0 Å². The van der Waals surface area contributed by atoms with Gasteiger partial charge in [0.15, 0.2) is 0 Å². The number of nitrogens with zero attached hydrogens (tertiary/aromatic N) is 2. The number of benzene rings is 2. The van der Waals surface area contributed by atoms with E-state index in [0.29, 0.717) is 23.8 Å². The predicted molar refractivity (Wildman–Crippen MR) is 102 cm³/mol. The molecule has 0 unspecified atom stereocenters. The van der Waals surface area contributed by atoms with Crippen molar-refractivity contribution in [3.63, 3.8) is 0 Å². The number of nitrogens with one attached hydrogen (secondary N) is 1.